The molecule has 0 amide bonds. The Morgan fingerprint density at radius 2 is 2.43 bits per heavy atom. The zero-order chi connectivity index (χ0) is 10.1. The largest absolute Gasteiger partial charge is 0.477 e. The van der Waals surface area contributed by atoms with Crippen molar-refractivity contribution in [1.82, 2.24) is 4.98 Å². The van der Waals surface area contributed by atoms with Crippen LogP contribution in [0.2, 0.25) is 0 Å². The minimum absolute atomic E-state index is 0.321. The summed E-state index contributed by atoms with van der Waals surface area (Å²) in [6.45, 7) is 2.46. The van der Waals surface area contributed by atoms with Gasteiger partial charge in [-0.05, 0) is 13.0 Å². The second-order valence-corrected chi connectivity index (χ2v) is 4.52. The van der Waals surface area contributed by atoms with Crippen LogP contribution in [0.25, 0.3) is 9.53 Å². The van der Waals surface area contributed by atoms with E-state index in [0.717, 1.165) is 9.53 Å². The van der Waals surface area contributed by atoms with Gasteiger partial charge in [0.1, 0.15) is 9.71 Å². The molecular weight excluding hydrogens is 222 g/mol. The van der Waals surface area contributed by atoms with Gasteiger partial charge < -0.3 is 9.84 Å². The lowest BCUT2D eigenvalue weighted by Gasteiger charge is -1.92. The van der Waals surface area contributed by atoms with Gasteiger partial charge in [-0.2, -0.15) is 4.98 Å². The molecule has 6 heteroatoms. The van der Waals surface area contributed by atoms with E-state index >= 15 is 0 Å². The molecule has 2 aromatic heterocycles. The van der Waals surface area contributed by atoms with Crippen LogP contribution in [0, 0.1) is 0 Å². The van der Waals surface area contributed by atoms with E-state index in [0.29, 0.717) is 16.7 Å². The molecule has 0 aliphatic carbocycles. The smallest absolute Gasteiger partial charge is 0.345 e. The number of hydrogen-bond acceptors (Lipinski definition) is 5. The maximum atomic E-state index is 10.6. The highest BCUT2D eigenvalue weighted by atomic mass is 32.1. The van der Waals surface area contributed by atoms with Gasteiger partial charge >= 0.3 is 5.97 Å². The minimum atomic E-state index is -0.904. The van der Waals surface area contributed by atoms with Crippen molar-refractivity contribution in [2.75, 3.05) is 6.61 Å². The number of thiophene rings is 1. The topological polar surface area (TPSA) is 59.4 Å². The lowest BCUT2D eigenvalue weighted by Crippen LogP contribution is -1.90. The van der Waals surface area contributed by atoms with Gasteiger partial charge in [-0.1, -0.05) is 11.3 Å². The van der Waals surface area contributed by atoms with Crippen molar-refractivity contribution in [2.24, 2.45) is 0 Å². The molecule has 2 heterocycles. The Hall–Kier alpha value is -1.14. The molecule has 2 aromatic rings. The first kappa shape index (κ1) is 9.42. The summed E-state index contributed by atoms with van der Waals surface area (Å²) in [6.07, 6.45) is 0. The zero-order valence-corrected chi connectivity index (χ0v) is 8.94. The van der Waals surface area contributed by atoms with Crippen LogP contribution in [0.5, 0.6) is 5.19 Å². The molecule has 0 radical (unpaired) electrons. The van der Waals surface area contributed by atoms with E-state index in [-0.39, 0.29) is 0 Å². The normalized spacial score (nSPS) is 10.6. The van der Waals surface area contributed by atoms with Gasteiger partial charge in [0.2, 0.25) is 0 Å². The Labute approximate surface area is 87.8 Å². The van der Waals surface area contributed by atoms with Gasteiger partial charge in [0.05, 0.1) is 11.3 Å². The molecule has 0 aliphatic rings. The molecule has 0 saturated carbocycles. The van der Waals surface area contributed by atoms with Crippen molar-refractivity contribution in [3.63, 3.8) is 0 Å². The number of thiazole rings is 1. The zero-order valence-electron chi connectivity index (χ0n) is 7.31. The van der Waals surface area contributed by atoms with E-state index in [1.165, 1.54) is 22.7 Å². The summed E-state index contributed by atoms with van der Waals surface area (Å²) in [5.41, 5.74) is 0. The van der Waals surface area contributed by atoms with Crippen LogP contribution in [0.3, 0.4) is 0 Å². The van der Waals surface area contributed by atoms with Crippen molar-refractivity contribution in [3.8, 4) is 5.19 Å². The molecule has 2 rings (SSSR count). The SMILES string of the molecule is CCOc1nc2sc(C(=O)O)cc2s1. The van der Waals surface area contributed by atoms with Gasteiger partial charge in [0, 0.05) is 0 Å². The van der Waals surface area contributed by atoms with Crippen LogP contribution in [0.15, 0.2) is 6.07 Å². The van der Waals surface area contributed by atoms with Crippen molar-refractivity contribution < 1.29 is 14.6 Å². The number of rotatable bonds is 3. The van der Waals surface area contributed by atoms with Crippen molar-refractivity contribution in [2.45, 2.75) is 6.92 Å². The van der Waals surface area contributed by atoms with E-state index in [9.17, 15) is 4.79 Å². The Bertz CT molecular complexity index is 442. The molecule has 1 N–H and O–H groups in total. The molecule has 0 saturated heterocycles. The van der Waals surface area contributed by atoms with E-state index < -0.39 is 5.97 Å². The fraction of sp³-hybridized carbons (Fsp3) is 0.250. The Kier molecular flexibility index (Phi) is 2.39. The monoisotopic (exact) mass is 229 g/mol. The number of fused-ring (bicyclic) bond motifs is 1. The molecule has 0 unspecified atom stereocenters. The first-order valence-corrected chi connectivity index (χ1v) is 5.60. The van der Waals surface area contributed by atoms with E-state index in [4.69, 9.17) is 9.84 Å². The number of aromatic nitrogens is 1. The first-order valence-electron chi connectivity index (χ1n) is 3.97. The fourth-order valence-electron chi connectivity index (χ4n) is 1.01. The van der Waals surface area contributed by atoms with Crippen molar-refractivity contribution >= 4 is 38.2 Å². The van der Waals surface area contributed by atoms with Crippen LogP contribution in [0.4, 0.5) is 0 Å². The first-order chi connectivity index (χ1) is 6.70. The Morgan fingerprint density at radius 1 is 1.64 bits per heavy atom. The number of carboxylic acid groups (broad SMARTS) is 1. The summed E-state index contributed by atoms with van der Waals surface area (Å²) in [7, 11) is 0. The average Bonchev–Trinajstić information content (AvgIpc) is 2.61. The summed E-state index contributed by atoms with van der Waals surface area (Å²) in [5, 5.41) is 9.34. The van der Waals surface area contributed by atoms with Crippen LogP contribution < -0.4 is 4.74 Å². The maximum absolute atomic E-state index is 10.6. The van der Waals surface area contributed by atoms with E-state index in [2.05, 4.69) is 4.98 Å². The van der Waals surface area contributed by atoms with Crippen LogP contribution in [0.1, 0.15) is 16.6 Å². The fourth-order valence-corrected chi connectivity index (χ4v) is 2.96. The predicted molar refractivity (Wildman–Crippen MR) is 55.6 cm³/mol. The Balaban J connectivity index is 2.40. The molecule has 14 heavy (non-hydrogen) atoms. The van der Waals surface area contributed by atoms with Gasteiger partial charge in [0.15, 0.2) is 0 Å². The molecule has 0 aliphatic heterocycles. The summed E-state index contributed by atoms with van der Waals surface area (Å²) >= 11 is 2.55. The summed E-state index contributed by atoms with van der Waals surface area (Å²) in [4.78, 5) is 15.8. The lowest BCUT2D eigenvalue weighted by molar-refractivity contribution is 0.0702. The maximum Gasteiger partial charge on any atom is 0.345 e. The van der Waals surface area contributed by atoms with Gasteiger partial charge in [-0.3, -0.25) is 0 Å². The highest BCUT2D eigenvalue weighted by Crippen LogP contribution is 2.33. The number of nitrogens with zero attached hydrogens (tertiary/aromatic N) is 1. The van der Waals surface area contributed by atoms with Crippen molar-refractivity contribution in [3.05, 3.63) is 10.9 Å². The second kappa shape index (κ2) is 3.55. The number of hydrogen-bond donors (Lipinski definition) is 1. The molecular formula is C8H7NO3S2. The van der Waals surface area contributed by atoms with E-state index in [1.807, 2.05) is 6.92 Å². The van der Waals surface area contributed by atoms with Crippen LogP contribution in [-0.2, 0) is 0 Å². The molecule has 0 atom stereocenters. The lowest BCUT2D eigenvalue weighted by atomic mass is 10.5. The standard InChI is InChI=1S/C8H7NO3S2/c1-2-12-8-9-6-4(14-8)3-5(13-6)7(10)11/h3H,2H2,1H3,(H,10,11). The summed E-state index contributed by atoms with van der Waals surface area (Å²) < 4.78 is 6.09. The molecule has 4 nitrogen and oxygen atoms in total. The molecule has 74 valence electrons. The quantitative estimate of drug-likeness (QED) is 0.878. The highest BCUT2D eigenvalue weighted by Gasteiger charge is 2.12. The number of carboxylic acids is 1. The molecule has 0 aromatic carbocycles. The third-order valence-corrected chi connectivity index (χ3v) is 3.61. The predicted octanol–water partition coefficient (Wildman–Crippen LogP) is 2.45. The van der Waals surface area contributed by atoms with Crippen LogP contribution in [-0.4, -0.2) is 22.7 Å². The number of carbonyl (C=O) groups is 1. The third-order valence-electron chi connectivity index (χ3n) is 1.55. The van der Waals surface area contributed by atoms with Crippen molar-refractivity contribution in [1.29, 1.82) is 0 Å². The second-order valence-electron chi connectivity index (χ2n) is 2.50. The number of ether oxygens (including phenoxy) is 1. The number of aromatic carboxylic acids is 1. The Morgan fingerprint density at radius 3 is 3.00 bits per heavy atom. The summed E-state index contributed by atoms with van der Waals surface area (Å²) in [5.74, 6) is -0.904. The highest BCUT2D eigenvalue weighted by molar-refractivity contribution is 7.28. The van der Waals surface area contributed by atoms with Gasteiger partial charge in [-0.15, -0.1) is 11.3 Å². The van der Waals surface area contributed by atoms with E-state index in [1.54, 1.807) is 6.07 Å². The van der Waals surface area contributed by atoms with Gasteiger partial charge in [0.25, 0.3) is 5.19 Å². The average molecular weight is 229 g/mol. The summed E-state index contributed by atoms with van der Waals surface area (Å²) in [6, 6.07) is 1.63. The minimum Gasteiger partial charge on any atom is -0.477 e. The van der Waals surface area contributed by atoms with Crippen LogP contribution >= 0.6 is 22.7 Å². The molecule has 0 bridgehead atoms. The third kappa shape index (κ3) is 1.58. The molecule has 0 fully saturated rings. The van der Waals surface area contributed by atoms with Gasteiger partial charge in [-0.25, -0.2) is 4.79 Å². The molecule has 0 spiro atoms.